The molecule has 1 aliphatic rings. The number of carbonyl (C=O) groups excluding carboxylic acids is 2. The van der Waals surface area contributed by atoms with Crippen LogP contribution in [0.4, 0.5) is 0 Å². The Morgan fingerprint density at radius 3 is 2.50 bits per heavy atom. The Balaban J connectivity index is 1.41. The number of thiophene rings is 1. The van der Waals surface area contributed by atoms with Crippen molar-refractivity contribution in [2.75, 3.05) is 19.6 Å². The van der Waals surface area contributed by atoms with Gasteiger partial charge in [-0.25, -0.2) is 0 Å². The number of likely N-dealkylation sites (tertiary alicyclic amines) is 1. The van der Waals surface area contributed by atoms with Gasteiger partial charge in [-0.1, -0.05) is 36.4 Å². The second-order valence-corrected chi connectivity index (χ2v) is 7.12. The van der Waals surface area contributed by atoms with Gasteiger partial charge in [-0.2, -0.15) is 0 Å². The van der Waals surface area contributed by atoms with E-state index in [9.17, 15) is 9.59 Å². The summed E-state index contributed by atoms with van der Waals surface area (Å²) in [7, 11) is 0. The molecule has 1 fully saturated rings. The summed E-state index contributed by atoms with van der Waals surface area (Å²) in [6, 6.07) is 14.1. The standard InChI is InChI=1S/C19H22N2O2S/c22-18(14-20-19(23)17-7-4-12-24-17)21-10-8-16(9-11-21)13-15-5-2-1-3-6-15/h1-7,12,16H,8-11,13-14H2,(H,20,23). The molecule has 1 aromatic carbocycles. The molecule has 2 heterocycles. The van der Waals surface area contributed by atoms with Gasteiger partial charge in [0.05, 0.1) is 11.4 Å². The molecule has 4 nitrogen and oxygen atoms in total. The first-order valence-electron chi connectivity index (χ1n) is 8.36. The summed E-state index contributed by atoms with van der Waals surface area (Å²) < 4.78 is 0. The number of carbonyl (C=O) groups is 2. The number of amides is 2. The molecule has 0 atom stereocenters. The molecule has 0 radical (unpaired) electrons. The van der Waals surface area contributed by atoms with Crippen molar-refractivity contribution in [3.8, 4) is 0 Å². The smallest absolute Gasteiger partial charge is 0.261 e. The summed E-state index contributed by atoms with van der Waals surface area (Å²) in [5, 5.41) is 4.57. The van der Waals surface area contributed by atoms with Crippen LogP contribution in [-0.4, -0.2) is 36.3 Å². The molecule has 24 heavy (non-hydrogen) atoms. The lowest BCUT2D eigenvalue weighted by atomic mass is 9.90. The van der Waals surface area contributed by atoms with E-state index < -0.39 is 0 Å². The van der Waals surface area contributed by atoms with Gasteiger partial charge < -0.3 is 10.2 Å². The average Bonchev–Trinajstić information content (AvgIpc) is 3.16. The van der Waals surface area contributed by atoms with Gasteiger partial charge >= 0.3 is 0 Å². The lowest BCUT2D eigenvalue weighted by molar-refractivity contribution is -0.131. The molecule has 2 amide bonds. The molecular formula is C19H22N2O2S. The summed E-state index contributed by atoms with van der Waals surface area (Å²) in [6.45, 7) is 1.65. The molecule has 1 N–H and O–H groups in total. The van der Waals surface area contributed by atoms with Crippen LogP contribution in [0.5, 0.6) is 0 Å². The monoisotopic (exact) mass is 342 g/mol. The third kappa shape index (κ3) is 4.45. The number of benzene rings is 1. The van der Waals surface area contributed by atoms with Crippen molar-refractivity contribution in [3.63, 3.8) is 0 Å². The van der Waals surface area contributed by atoms with Gasteiger partial charge in [0.25, 0.3) is 5.91 Å². The lowest BCUT2D eigenvalue weighted by Crippen LogP contribution is -2.44. The summed E-state index contributed by atoms with van der Waals surface area (Å²) in [5.41, 5.74) is 1.37. The van der Waals surface area contributed by atoms with Gasteiger partial charge in [-0.3, -0.25) is 9.59 Å². The van der Waals surface area contributed by atoms with Crippen LogP contribution >= 0.6 is 11.3 Å². The zero-order chi connectivity index (χ0) is 16.8. The molecule has 0 saturated carbocycles. The topological polar surface area (TPSA) is 49.4 Å². The minimum Gasteiger partial charge on any atom is -0.342 e. The molecule has 0 unspecified atom stereocenters. The molecule has 126 valence electrons. The number of piperidine rings is 1. The van der Waals surface area contributed by atoms with Crippen LogP contribution in [0.1, 0.15) is 28.1 Å². The van der Waals surface area contributed by atoms with Crippen LogP contribution in [0, 0.1) is 5.92 Å². The van der Waals surface area contributed by atoms with Crippen LogP contribution in [0.25, 0.3) is 0 Å². The maximum atomic E-state index is 12.3. The Hall–Kier alpha value is -2.14. The highest BCUT2D eigenvalue weighted by molar-refractivity contribution is 7.12. The molecule has 1 aromatic heterocycles. The zero-order valence-electron chi connectivity index (χ0n) is 13.6. The Kier molecular flexibility index (Phi) is 5.64. The van der Waals surface area contributed by atoms with E-state index in [4.69, 9.17) is 0 Å². The molecular weight excluding hydrogens is 320 g/mol. The average molecular weight is 342 g/mol. The van der Waals surface area contributed by atoms with E-state index in [0.29, 0.717) is 10.8 Å². The maximum absolute atomic E-state index is 12.3. The van der Waals surface area contributed by atoms with E-state index in [1.54, 1.807) is 6.07 Å². The highest BCUT2D eigenvalue weighted by atomic mass is 32.1. The van der Waals surface area contributed by atoms with Crippen molar-refractivity contribution < 1.29 is 9.59 Å². The predicted octanol–water partition coefficient (Wildman–Crippen LogP) is 2.96. The van der Waals surface area contributed by atoms with E-state index in [2.05, 4.69) is 29.6 Å². The van der Waals surface area contributed by atoms with Gasteiger partial charge in [0.2, 0.25) is 5.91 Å². The molecule has 0 aliphatic carbocycles. The molecule has 2 aromatic rings. The minimum absolute atomic E-state index is 0.0121. The van der Waals surface area contributed by atoms with Crippen LogP contribution in [0.2, 0.25) is 0 Å². The van der Waals surface area contributed by atoms with Crippen molar-refractivity contribution in [2.24, 2.45) is 5.92 Å². The van der Waals surface area contributed by atoms with E-state index in [0.717, 1.165) is 32.4 Å². The molecule has 0 bridgehead atoms. The fourth-order valence-corrected chi connectivity index (χ4v) is 3.74. The number of hydrogen-bond donors (Lipinski definition) is 1. The van der Waals surface area contributed by atoms with E-state index in [-0.39, 0.29) is 18.4 Å². The number of nitrogens with one attached hydrogen (secondary N) is 1. The fourth-order valence-electron chi connectivity index (χ4n) is 3.10. The van der Waals surface area contributed by atoms with E-state index >= 15 is 0 Å². The van der Waals surface area contributed by atoms with Crippen molar-refractivity contribution in [2.45, 2.75) is 19.3 Å². The van der Waals surface area contributed by atoms with Crippen LogP contribution in [0.15, 0.2) is 47.8 Å². The van der Waals surface area contributed by atoms with Gasteiger partial charge in [-0.05, 0) is 42.2 Å². The number of rotatable bonds is 5. The largest absolute Gasteiger partial charge is 0.342 e. The first-order valence-corrected chi connectivity index (χ1v) is 9.24. The van der Waals surface area contributed by atoms with Crippen molar-refractivity contribution >= 4 is 23.2 Å². The van der Waals surface area contributed by atoms with Gasteiger partial charge in [0.1, 0.15) is 0 Å². The molecule has 1 aliphatic heterocycles. The summed E-state index contributed by atoms with van der Waals surface area (Å²) in [6.07, 6.45) is 3.14. The maximum Gasteiger partial charge on any atom is 0.261 e. The van der Waals surface area contributed by atoms with Crippen molar-refractivity contribution in [1.82, 2.24) is 10.2 Å². The SMILES string of the molecule is O=C(NCC(=O)N1CCC(Cc2ccccc2)CC1)c1cccs1. The zero-order valence-corrected chi connectivity index (χ0v) is 14.4. The Morgan fingerprint density at radius 2 is 1.83 bits per heavy atom. The number of nitrogens with zero attached hydrogens (tertiary/aromatic N) is 1. The molecule has 1 saturated heterocycles. The van der Waals surface area contributed by atoms with E-state index in [1.165, 1.54) is 16.9 Å². The number of hydrogen-bond acceptors (Lipinski definition) is 3. The Bertz CT molecular complexity index is 662. The summed E-state index contributed by atoms with van der Waals surface area (Å²) in [4.78, 5) is 26.6. The van der Waals surface area contributed by atoms with Crippen molar-refractivity contribution in [3.05, 3.63) is 58.3 Å². The molecule has 3 rings (SSSR count). The third-order valence-corrected chi connectivity index (χ3v) is 5.35. The first-order chi connectivity index (χ1) is 11.7. The summed E-state index contributed by atoms with van der Waals surface area (Å²) in [5.74, 6) is 0.479. The minimum atomic E-state index is -0.169. The Labute approximate surface area is 146 Å². The second kappa shape index (κ2) is 8.11. The fraction of sp³-hybridized carbons (Fsp3) is 0.368. The van der Waals surface area contributed by atoms with Crippen LogP contribution in [0.3, 0.4) is 0 Å². The Morgan fingerprint density at radius 1 is 1.08 bits per heavy atom. The van der Waals surface area contributed by atoms with Gasteiger partial charge in [0, 0.05) is 13.1 Å². The molecule has 5 heteroatoms. The predicted molar refractivity (Wildman–Crippen MR) is 96.1 cm³/mol. The van der Waals surface area contributed by atoms with Crippen molar-refractivity contribution in [1.29, 1.82) is 0 Å². The third-order valence-electron chi connectivity index (χ3n) is 4.48. The lowest BCUT2D eigenvalue weighted by Gasteiger charge is -2.32. The first kappa shape index (κ1) is 16.7. The molecule has 0 spiro atoms. The second-order valence-electron chi connectivity index (χ2n) is 6.17. The highest BCUT2D eigenvalue weighted by Crippen LogP contribution is 2.21. The highest BCUT2D eigenvalue weighted by Gasteiger charge is 2.23. The quantitative estimate of drug-likeness (QED) is 0.908. The van der Waals surface area contributed by atoms with Gasteiger partial charge in [-0.15, -0.1) is 11.3 Å². The normalized spacial score (nSPS) is 15.2. The van der Waals surface area contributed by atoms with E-state index in [1.807, 2.05) is 22.4 Å². The van der Waals surface area contributed by atoms with Crippen LogP contribution < -0.4 is 5.32 Å². The van der Waals surface area contributed by atoms with Crippen LogP contribution in [-0.2, 0) is 11.2 Å². The summed E-state index contributed by atoms with van der Waals surface area (Å²) >= 11 is 1.38. The van der Waals surface area contributed by atoms with Gasteiger partial charge in [0.15, 0.2) is 0 Å².